The summed E-state index contributed by atoms with van der Waals surface area (Å²) in [5.74, 6) is -0.748. The number of aliphatic carboxylic acids is 1. The second-order valence-electron chi connectivity index (χ2n) is 4.35. The Morgan fingerprint density at radius 1 is 1.40 bits per heavy atom. The van der Waals surface area contributed by atoms with Crippen molar-refractivity contribution in [2.24, 2.45) is 5.41 Å². The Bertz CT molecular complexity index is 231. The molecule has 0 radical (unpaired) electrons. The Kier molecular flexibility index (Phi) is 6.72. The molecule has 86 valence electrons. The van der Waals surface area contributed by atoms with Gasteiger partial charge in [0.05, 0.1) is 11.5 Å². The molecule has 4 heteroatoms. The fraction of sp³-hybridized carbons (Fsp3) is 0.818. The molecule has 0 aromatic carbocycles. The quantitative estimate of drug-likeness (QED) is 0.601. The van der Waals surface area contributed by atoms with Crippen molar-refractivity contribution in [3.05, 3.63) is 0 Å². The number of nitrogens with one attached hydrogen (secondary N) is 1. The first kappa shape index (κ1) is 13.9. The van der Waals surface area contributed by atoms with Gasteiger partial charge in [0.25, 0.3) is 0 Å². The van der Waals surface area contributed by atoms with Crippen LogP contribution in [0.2, 0.25) is 0 Å². The van der Waals surface area contributed by atoms with Crippen LogP contribution >= 0.6 is 0 Å². The van der Waals surface area contributed by atoms with E-state index in [-0.39, 0.29) is 11.8 Å². The molecule has 0 aromatic rings. The summed E-state index contributed by atoms with van der Waals surface area (Å²) in [6.07, 6.45) is 2.71. The van der Waals surface area contributed by atoms with Gasteiger partial charge in [-0.2, -0.15) is 5.26 Å². The summed E-state index contributed by atoms with van der Waals surface area (Å²) in [6, 6.07) is 2.25. The third-order valence-corrected chi connectivity index (χ3v) is 2.20. The van der Waals surface area contributed by atoms with E-state index in [1.165, 1.54) is 0 Å². The summed E-state index contributed by atoms with van der Waals surface area (Å²) in [4.78, 5) is 10.2. The van der Waals surface area contributed by atoms with Crippen molar-refractivity contribution in [2.45, 2.75) is 39.5 Å². The molecule has 0 rings (SSSR count). The molecule has 0 heterocycles. The van der Waals surface area contributed by atoms with E-state index in [1.807, 2.05) is 13.8 Å². The molecule has 0 saturated carbocycles. The van der Waals surface area contributed by atoms with Crippen LogP contribution in [0.1, 0.15) is 39.5 Å². The Hall–Kier alpha value is -1.08. The van der Waals surface area contributed by atoms with E-state index in [4.69, 9.17) is 10.4 Å². The van der Waals surface area contributed by atoms with Crippen LogP contribution in [0, 0.1) is 16.7 Å². The summed E-state index contributed by atoms with van der Waals surface area (Å²) >= 11 is 0. The van der Waals surface area contributed by atoms with Crippen molar-refractivity contribution in [1.29, 1.82) is 5.26 Å². The normalized spacial score (nSPS) is 11.0. The van der Waals surface area contributed by atoms with Crippen LogP contribution in [0.3, 0.4) is 0 Å². The highest BCUT2D eigenvalue weighted by atomic mass is 16.4. The molecule has 2 N–H and O–H groups in total. The van der Waals surface area contributed by atoms with Gasteiger partial charge in [0, 0.05) is 6.42 Å². The van der Waals surface area contributed by atoms with E-state index in [0.717, 1.165) is 25.9 Å². The van der Waals surface area contributed by atoms with Crippen molar-refractivity contribution in [3.63, 3.8) is 0 Å². The topological polar surface area (TPSA) is 73.1 Å². The highest BCUT2D eigenvalue weighted by Gasteiger charge is 2.14. The smallest absolute Gasteiger partial charge is 0.303 e. The number of hydrogen-bond acceptors (Lipinski definition) is 3. The van der Waals surface area contributed by atoms with E-state index in [9.17, 15) is 4.79 Å². The Labute approximate surface area is 91.3 Å². The maximum absolute atomic E-state index is 10.2. The van der Waals surface area contributed by atoms with Gasteiger partial charge in [0.2, 0.25) is 0 Å². The highest BCUT2D eigenvalue weighted by molar-refractivity contribution is 5.66. The van der Waals surface area contributed by atoms with Gasteiger partial charge in [-0.15, -0.1) is 0 Å². The summed E-state index contributed by atoms with van der Waals surface area (Å²) in [6.45, 7) is 5.44. The molecule has 15 heavy (non-hydrogen) atoms. The molecule has 0 bridgehead atoms. The number of nitrogens with zero attached hydrogens (tertiary/aromatic N) is 1. The van der Waals surface area contributed by atoms with Crippen molar-refractivity contribution in [1.82, 2.24) is 5.32 Å². The minimum Gasteiger partial charge on any atom is -0.481 e. The summed E-state index contributed by atoms with van der Waals surface area (Å²) in [5, 5.41) is 20.3. The first-order valence-corrected chi connectivity index (χ1v) is 5.32. The number of carboxylic acids is 1. The first-order valence-electron chi connectivity index (χ1n) is 5.32. The van der Waals surface area contributed by atoms with Gasteiger partial charge >= 0.3 is 5.97 Å². The second-order valence-corrected chi connectivity index (χ2v) is 4.35. The molecule has 0 aliphatic heterocycles. The van der Waals surface area contributed by atoms with E-state index < -0.39 is 5.97 Å². The van der Waals surface area contributed by atoms with Gasteiger partial charge < -0.3 is 10.4 Å². The molecule has 0 atom stereocenters. The third-order valence-electron chi connectivity index (χ3n) is 2.20. The van der Waals surface area contributed by atoms with Crippen LogP contribution in [0.5, 0.6) is 0 Å². The highest BCUT2D eigenvalue weighted by Crippen LogP contribution is 2.19. The maximum Gasteiger partial charge on any atom is 0.303 e. The molecule has 0 aromatic heterocycles. The molecule has 0 fully saturated rings. The average molecular weight is 212 g/mol. The zero-order valence-electron chi connectivity index (χ0n) is 9.55. The largest absolute Gasteiger partial charge is 0.481 e. The van der Waals surface area contributed by atoms with Crippen LogP contribution in [0.15, 0.2) is 0 Å². The Morgan fingerprint density at radius 3 is 2.53 bits per heavy atom. The molecular weight excluding hydrogens is 192 g/mol. The van der Waals surface area contributed by atoms with Crippen molar-refractivity contribution < 1.29 is 9.90 Å². The molecule has 0 unspecified atom stereocenters. The monoisotopic (exact) mass is 212 g/mol. The number of rotatable bonds is 8. The predicted molar refractivity (Wildman–Crippen MR) is 58.4 cm³/mol. The standard InChI is InChI=1S/C11H20N2O2/c1-11(2,9-12)6-4-8-13-7-3-5-10(14)15/h13H,3-8H2,1-2H3,(H,14,15). The maximum atomic E-state index is 10.2. The summed E-state index contributed by atoms with van der Waals surface area (Å²) in [7, 11) is 0. The zero-order valence-corrected chi connectivity index (χ0v) is 9.55. The molecular formula is C11H20N2O2. The van der Waals surface area contributed by atoms with Crippen LogP contribution in [0.25, 0.3) is 0 Å². The lowest BCUT2D eigenvalue weighted by Crippen LogP contribution is -2.19. The van der Waals surface area contributed by atoms with Crippen LogP contribution < -0.4 is 5.32 Å². The van der Waals surface area contributed by atoms with Gasteiger partial charge in [-0.25, -0.2) is 0 Å². The fourth-order valence-electron chi connectivity index (χ4n) is 1.20. The number of nitriles is 1. The van der Waals surface area contributed by atoms with E-state index in [2.05, 4.69) is 11.4 Å². The second kappa shape index (κ2) is 7.24. The lowest BCUT2D eigenvalue weighted by molar-refractivity contribution is -0.137. The molecule has 0 aliphatic rings. The van der Waals surface area contributed by atoms with Crippen molar-refractivity contribution in [3.8, 4) is 6.07 Å². The van der Waals surface area contributed by atoms with Crippen LogP contribution in [-0.4, -0.2) is 24.2 Å². The molecule has 4 nitrogen and oxygen atoms in total. The van der Waals surface area contributed by atoms with E-state index >= 15 is 0 Å². The molecule has 0 spiro atoms. The zero-order chi connectivity index (χ0) is 11.7. The van der Waals surface area contributed by atoms with Gasteiger partial charge in [-0.1, -0.05) is 0 Å². The Morgan fingerprint density at radius 2 is 2.00 bits per heavy atom. The summed E-state index contributed by atoms with van der Waals surface area (Å²) in [5.41, 5.74) is -0.247. The Balaban J connectivity index is 3.26. The molecule has 0 aliphatic carbocycles. The summed E-state index contributed by atoms with van der Waals surface area (Å²) < 4.78 is 0. The number of carbonyl (C=O) groups is 1. The SMILES string of the molecule is CC(C)(C#N)CCCNCCCC(=O)O. The predicted octanol–water partition coefficient (Wildman–Crippen LogP) is 1.77. The van der Waals surface area contributed by atoms with Crippen LogP contribution in [-0.2, 0) is 4.79 Å². The van der Waals surface area contributed by atoms with Crippen molar-refractivity contribution >= 4 is 5.97 Å². The third kappa shape index (κ3) is 9.23. The fourth-order valence-corrected chi connectivity index (χ4v) is 1.20. The average Bonchev–Trinajstić information content (AvgIpc) is 2.16. The first-order chi connectivity index (χ1) is 6.98. The van der Waals surface area contributed by atoms with Gasteiger partial charge in [0.1, 0.15) is 0 Å². The molecule has 0 saturated heterocycles. The van der Waals surface area contributed by atoms with Gasteiger partial charge in [-0.05, 0) is 46.2 Å². The van der Waals surface area contributed by atoms with Gasteiger partial charge in [0.15, 0.2) is 0 Å². The lowest BCUT2D eigenvalue weighted by Gasteiger charge is -2.14. The number of hydrogen-bond donors (Lipinski definition) is 2. The van der Waals surface area contributed by atoms with Crippen LogP contribution in [0.4, 0.5) is 0 Å². The lowest BCUT2D eigenvalue weighted by atomic mass is 9.90. The minimum absolute atomic E-state index is 0.219. The van der Waals surface area contributed by atoms with E-state index in [1.54, 1.807) is 0 Å². The minimum atomic E-state index is -0.748. The number of carboxylic acid groups (broad SMARTS) is 1. The van der Waals surface area contributed by atoms with Crippen molar-refractivity contribution in [2.75, 3.05) is 13.1 Å². The van der Waals surface area contributed by atoms with E-state index in [0.29, 0.717) is 6.42 Å². The van der Waals surface area contributed by atoms with Gasteiger partial charge in [-0.3, -0.25) is 4.79 Å². The molecule has 0 amide bonds.